The quantitative estimate of drug-likeness (QED) is 0.599. The summed E-state index contributed by atoms with van der Waals surface area (Å²) in [7, 11) is 0. The Balaban J connectivity index is 0.00000113. The lowest BCUT2D eigenvalue weighted by Crippen LogP contribution is -2.00. The summed E-state index contributed by atoms with van der Waals surface area (Å²) in [6, 6.07) is 7.68. The number of nitrogens with one attached hydrogen (secondary N) is 1. The summed E-state index contributed by atoms with van der Waals surface area (Å²) in [6.45, 7) is 0. The van der Waals surface area contributed by atoms with Crippen LogP contribution < -0.4 is 5.73 Å². The number of hydrogen-bond donors (Lipinski definition) is 2. The Hall–Kier alpha value is -3.13. The number of hydrogen-bond acceptors (Lipinski definition) is 7. The van der Waals surface area contributed by atoms with Gasteiger partial charge in [0.05, 0.1) is 16.8 Å². The standard InChI is InChI=1S/C15H11N7S.2H2/c16-13-12(15-20-14(21-22-15)11-4-2-6-23-11)19-10(8-18-13)9-3-1-5-17-7-9;;/h1-8H,(H2,16,18)(H,20,21,22);2*1H. The van der Waals surface area contributed by atoms with Gasteiger partial charge in [0.2, 0.25) is 5.82 Å². The molecule has 0 aliphatic heterocycles. The number of H-pyrrole nitrogens is 1. The molecule has 0 radical (unpaired) electrons. The first kappa shape index (κ1) is 13.5. The topological polar surface area (TPSA) is 106 Å². The molecular formula is C15H15N7S. The maximum absolute atomic E-state index is 5.95. The minimum Gasteiger partial charge on any atom is -0.382 e. The van der Waals surface area contributed by atoms with E-state index in [1.807, 2.05) is 29.6 Å². The molecule has 0 amide bonds. The first-order valence-corrected chi connectivity index (χ1v) is 7.69. The molecule has 0 aromatic carbocycles. The molecule has 4 rings (SSSR count). The van der Waals surface area contributed by atoms with Gasteiger partial charge in [0.25, 0.3) is 0 Å². The third kappa shape index (κ3) is 2.55. The van der Waals surface area contributed by atoms with E-state index >= 15 is 0 Å². The maximum atomic E-state index is 5.95. The van der Waals surface area contributed by atoms with Gasteiger partial charge in [-0.25, -0.2) is 15.0 Å². The largest absolute Gasteiger partial charge is 0.382 e. The molecule has 0 fully saturated rings. The Morgan fingerprint density at radius 3 is 2.87 bits per heavy atom. The molecule has 0 saturated carbocycles. The molecule has 0 aliphatic rings. The van der Waals surface area contributed by atoms with Gasteiger partial charge in [-0.2, -0.15) is 5.10 Å². The van der Waals surface area contributed by atoms with Crippen LogP contribution in [0.25, 0.3) is 33.5 Å². The van der Waals surface area contributed by atoms with Gasteiger partial charge in [0.1, 0.15) is 0 Å². The number of nitrogen functional groups attached to an aromatic ring is 1. The lowest BCUT2D eigenvalue weighted by Gasteiger charge is -2.04. The van der Waals surface area contributed by atoms with Gasteiger partial charge in [-0.15, -0.1) is 11.3 Å². The summed E-state index contributed by atoms with van der Waals surface area (Å²) in [4.78, 5) is 18.3. The fraction of sp³-hybridized carbons (Fsp3) is 0. The third-order valence-electron chi connectivity index (χ3n) is 3.21. The van der Waals surface area contributed by atoms with Crippen molar-refractivity contribution in [1.82, 2.24) is 30.1 Å². The minimum atomic E-state index is 0. The van der Waals surface area contributed by atoms with E-state index in [0.717, 1.165) is 10.4 Å². The molecule has 4 heterocycles. The molecule has 4 aromatic rings. The van der Waals surface area contributed by atoms with Crippen molar-refractivity contribution in [3.8, 4) is 33.5 Å². The number of nitrogens with two attached hydrogens (primary N) is 1. The van der Waals surface area contributed by atoms with E-state index in [9.17, 15) is 0 Å². The zero-order valence-corrected chi connectivity index (χ0v) is 12.7. The first-order valence-electron chi connectivity index (χ1n) is 6.81. The van der Waals surface area contributed by atoms with Crippen molar-refractivity contribution < 1.29 is 2.85 Å². The van der Waals surface area contributed by atoms with Crippen LogP contribution in [0.15, 0.2) is 48.2 Å². The Labute approximate surface area is 138 Å². The van der Waals surface area contributed by atoms with Crippen molar-refractivity contribution in [2.45, 2.75) is 0 Å². The van der Waals surface area contributed by atoms with Gasteiger partial charge in [0, 0.05) is 20.8 Å². The predicted octanol–water partition coefficient (Wildman–Crippen LogP) is 3.13. The molecule has 0 spiro atoms. The van der Waals surface area contributed by atoms with Crippen molar-refractivity contribution in [2.75, 3.05) is 5.73 Å². The zero-order chi connectivity index (χ0) is 15.6. The summed E-state index contributed by atoms with van der Waals surface area (Å²) in [5, 5.41) is 9.10. The number of anilines is 1. The summed E-state index contributed by atoms with van der Waals surface area (Å²) in [5.41, 5.74) is 7.92. The summed E-state index contributed by atoms with van der Waals surface area (Å²) in [6.07, 6.45) is 5.04. The van der Waals surface area contributed by atoms with Gasteiger partial charge in [-0.05, 0) is 23.6 Å². The molecule has 8 heteroatoms. The Bertz CT molecular complexity index is 942. The Kier molecular flexibility index (Phi) is 3.28. The average Bonchev–Trinajstić information content (AvgIpc) is 3.27. The summed E-state index contributed by atoms with van der Waals surface area (Å²) >= 11 is 1.58. The Morgan fingerprint density at radius 1 is 1.13 bits per heavy atom. The van der Waals surface area contributed by atoms with E-state index in [1.165, 1.54) is 0 Å². The SMILES string of the molecule is Nc1ncc(-c2cccnc2)nc1-c1n[nH]c(-c2cccs2)n1.[HH].[HH]. The fourth-order valence-corrected chi connectivity index (χ4v) is 2.77. The number of aromatic amines is 1. The fourth-order valence-electron chi connectivity index (χ4n) is 2.11. The van der Waals surface area contributed by atoms with Crippen LogP contribution in [0.1, 0.15) is 2.85 Å². The number of pyridine rings is 1. The zero-order valence-electron chi connectivity index (χ0n) is 11.8. The normalized spacial score (nSPS) is 10.8. The second-order valence-electron chi connectivity index (χ2n) is 4.72. The number of thiophene rings is 1. The molecule has 23 heavy (non-hydrogen) atoms. The number of rotatable bonds is 3. The van der Waals surface area contributed by atoms with E-state index in [1.54, 1.807) is 29.9 Å². The van der Waals surface area contributed by atoms with E-state index in [4.69, 9.17) is 5.73 Å². The monoisotopic (exact) mass is 325 g/mol. The van der Waals surface area contributed by atoms with Gasteiger partial charge in [0.15, 0.2) is 17.3 Å². The molecule has 0 saturated heterocycles. The third-order valence-corrected chi connectivity index (χ3v) is 4.09. The summed E-state index contributed by atoms with van der Waals surface area (Å²) in [5.74, 6) is 1.39. The maximum Gasteiger partial charge on any atom is 0.203 e. The second-order valence-corrected chi connectivity index (χ2v) is 5.66. The van der Waals surface area contributed by atoms with Crippen LogP contribution >= 0.6 is 11.3 Å². The van der Waals surface area contributed by atoms with E-state index in [0.29, 0.717) is 23.0 Å². The molecule has 7 nitrogen and oxygen atoms in total. The van der Waals surface area contributed by atoms with Crippen LogP contribution in [0.4, 0.5) is 5.82 Å². The van der Waals surface area contributed by atoms with Gasteiger partial charge < -0.3 is 5.73 Å². The van der Waals surface area contributed by atoms with Gasteiger partial charge in [-0.3, -0.25) is 10.1 Å². The van der Waals surface area contributed by atoms with E-state index in [2.05, 4.69) is 30.1 Å². The lowest BCUT2D eigenvalue weighted by molar-refractivity contribution is 1.08. The van der Waals surface area contributed by atoms with Crippen molar-refractivity contribution in [3.05, 3.63) is 48.2 Å². The first-order chi connectivity index (χ1) is 11.3. The van der Waals surface area contributed by atoms with Crippen molar-refractivity contribution in [3.63, 3.8) is 0 Å². The Morgan fingerprint density at radius 2 is 2.09 bits per heavy atom. The van der Waals surface area contributed by atoms with Crippen LogP contribution in [0, 0.1) is 0 Å². The molecule has 0 atom stereocenters. The molecule has 0 unspecified atom stereocenters. The summed E-state index contributed by atoms with van der Waals surface area (Å²) < 4.78 is 0. The number of aromatic nitrogens is 6. The highest BCUT2D eigenvalue weighted by Crippen LogP contribution is 2.26. The van der Waals surface area contributed by atoms with Crippen LogP contribution in [0.3, 0.4) is 0 Å². The molecular weight excluding hydrogens is 310 g/mol. The molecule has 4 aromatic heterocycles. The molecule has 0 bridgehead atoms. The van der Waals surface area contributed by atoms with Crippen molar-refractivity contribution >= 4 is 17.2 Å². The highest BCUT2D eigenvalue weighted by atomic mass is 32.1. The van der Waals surface area contributed by atoms with Gasteiger partial charge >= 0.3 is 0 Å². The average molecular weight is 325 g/mol. The molecule has 116 valence electrons. The van der Waals surface area contributed by atoms with Crippen molar-refractivity contribution in [1.29, 1.82) is 0 Å². The minimum absolute atomic E-state index is 0. The highest BCUT2D eigenvalue weighted by Gasteiger charge is 2.15. The van der Waals surface area contributed by atoms with Crippen LogP contribution in [-0.4, -0.2) is 30.1 Å². The van der Waals surface area contributed by atoms with Crippen LogP contribution in [0.2, 0.25) is 0 Å². The van der Waals surface area contributed by atoms with E-state index < -0.39 is 0 Å². The highest BCUT2D eigenvalue weighted by molar-refractivity contribution is 7.13. The van der Waals surface area contributed by atoms with Crippen LogP contribution in [-0.2, 0) is 0 Å². The lowest BCUT2D eigenvalue weighted by atomic mass is 10.2. The van der Waals surface area contributed by atoms with Gasteiger partial charge in [-0.1, -0.05) is 6.07 Å². The smallest absolute Gasteiger partial charge is 0.203 e. The molecule has 0 aliphatic carbocycles. The second kappa shape index (κ2) is 5.58. The molecule has 3 N–H and O–H groups in total. The number of nitrogens with zero attached hydrogens (tertiary/aromatic N) is 5. The van der Waals surface area contributed by atoms with Crippen LogP contribution in [0.5, 0.6) is 0 Å². The van der Waals surface area contributed by atoms with Crippen molar-refractivity contribution in [2.24, 2.45) is 0 Å². The predicted molar refractivity (Wildman–Crippen MR) is 92.6 cm³/mol. The van der Waals surface area contributed by atoms with E-state index in [-0.39, 0.29) is 8.67 Å².